The first-order valence-corrected chi connectivity index (χ1v) is 9.80. The van der Waals surface area contributed by atoms with Gasteiger partial charge in [-0.1, -0.05) is 35.5 Å². The predicted molar refractivity (Wildman–Crippen MR) is 118 cm³/mol. The van der Waals surface area contributed by atoms with Gasteiger partial charge >= 0.3 is 5.69 Å². The number of hydrogen-bond acceptors (Lipinski definition) is 7. The van der Waals surface area contributed by atoms with Crippen LogP contribution in [-0.4, -0.2) is 22.2 Å². The van der Waals surface area contributed by atoms with Crippen LogP contribution in [0, 0.1) is 24.0 Å². The van der Waals surface area contributed by atoms with Crippen molar-refractivity contribution in [3.8, 4) is 16.9 Å². The molecule has 0 saturated heterocycles. The molecule has 1 atom stereocenters. The third-order valence-electron chi connectivity index (χ3n) is 5.33. The molecule has 0 spiro atoms. The number of fused-ring (bicyclic) bond motifs is 1. The first kappa shape index (κ1) is 20.3. The first-order chi connectivity index (χ1) is 14.9. The first-order valence-electron chi connectivity index (χ1n) is 9.80. The SMILES string of the molecule is COc1cc2c(N[C@@H](C)c3ccccc3)c([N+](=O)[O-])cnc2cc1-c1c(C)noc1C. The fourth-order valence-electron chi connectivity index (χ4n) is 3.77. The van der Waals surface area contributed by atoms with Crippen molar-refractivity contribution in [2.75, 3.05) is 12.4 Å². The van der Waals surface area contributed by atoms with E-state index < -0.39 is 4.92 Å². The molecule has 1 N–H and O–H groups in total. The Hall–Kier alpha value is -3.94. The zero-order chi connectivity index (χ0) is 22.1. The topological polar surface area (TPSA) is 103 Å². The number of methoxy groups -OCH3 is 1. The number of hydrogen-bond donors (Lipinski definition) is 1. The third kappa shape index (κ3) is 3.68. The van der Waals surface area contributed by atoms with Crippen LogP contribution in [0.3, 0.4) is 0 Å². The zero-order valence-electron chi connectivity index (χ0n) is 17.7. The third-order valence-corrected chi connectivity index (χ3v) is 5.33. The number of benzene rings is 2. The van der Waals surface area contributed by atoms with Crippen LogP contribution in [0.1, 0.15) is 30.0 Å². The molecule has 0 bridgehead atoms. The van der Waals surface area contributed by atoms with E-state index in [1.54, 1.807) is 13.2 Å². The van der Waals surface area contributed by atoms with E-state index in [1.807, 2.05) is 57.2 Å². The van der Waals surface area contributed by atoms with E-state index in [2.05, 4.69) is 15.5 Å². The van der Waals surface area contributed by atoms with Crippen molar-refractivity contribution in [2.24, 2.45) is 0 Å². The van der Waals surface area contributed by atoms with Crippen LogP contribution in [0.2, 0.25) is 0 Å². The van der Waals surface area contributed by atoms with Crippen LogP contribution in [0.5, 0.6) is 5.75 Å². The standard InChI is InChI=1S/C23H22N4O4/c1-13(16-8-6-5-7-9-16)25-23-17-11-21(30-4)18(22-14(2)26-31-15(22)3)10-19(17)24-12-20(23)27(28)29/h5-13H,1-4H3,(H,24,25)/t13-/m0/s1. The highest BCUT2D eigenvalue weighted by Crippen LogP contribution is 2.41. The summed E-state index contributed by atoms with van der Waals surface area (Å²) >= 11 is 0. The van der Waals surface area contributed by atoms with Crippen LogP contribution >= 0.6 is 0 Å². The quantitative estimate of drug-likeness (QED) is 0.321. The molecule has 4 aromatic rings. The molecule has 8 nitrogen and oxygen atoms in total. The fraction of sp³-hybridized carbons (Fsp3) is 0.217. The largest absolute Gasteiger partial charge is 0.496 e. The predicted octanol–water partition coefficient (Wildman–Crippen LogP) is 5.60. The van der Waals surface area contributed by atoms with Crippen molar-refractivity contribution >= 4 is 22.3 Å². The van der Waals surface area contributed by atoms with Crippen molar-refractivity contribution < 1.29 is 14.2 Å². The maximum absolute atomic E-state index is 11.8. The summed E-state index contributed by atoms with van der Waals surface area (Å²) in [7, 11) is 1.56. The molecule has 0 radical (unpaired) electrons. The average Bonchev–Trinajstić information content (AvgIpc) is 3.11. The van der Waals surface area contributed by atoms with Crippen molar-refractivity contribution in [3.05, 3.63) is 75.8 Å². The lowest BCUT2D eigenvalue weighted by Gasteiger charge is -2.18. The Bertz CT molecular complexity index is 1250. The van der Waals surface area contributed by atoms with Crippen molar-refractivity contribution in [3.63, 3.8) is 0 Å². The summed E-state index contributed by atoms with van der Waals surface area (Å²) in [4.78, 5) is 15.7. The molecule has 2 aromatic carbocycles. The molecular formula is C23H22N4O4. The summed E-state index contributed by atoms with van der Waals surface area (Å²) in [6.07, 6.45) is 1.28. The van der Waals surface area contributed by atoms with Gasteiger partial charge in [0.1, 0.15) is 23.4 Å². The van der Waals surface area contributed by atoms with Crippen LogP contribution in [0.15, 0.2) is 53.2 Å². The van der Waals surface area contributed by atoms with Gasteiger partial charge in [0.05, 0.1) is 28.8 Å². The smallest absolute Gasteiger partial charge is 0.311 e. The van der Waals surface area contributed by atoms with Crippen molar-refractivity contribution in [2.45, 2.75) is 26.8 Å². The molecule has 31 heavy (non-hydrogen) atoms. The molecule has 0 fully saturated rings. The van der Waals surface area contributed by atoms with Crippen LogP contribution in [0.4, 0.5) is 11.4 Å². The number of nitro groups is 1. The Balaban J connectivity index is 1.91. The maximum atomic E-state index is 11.8. The minimum Gasteiger partial charge on any atom is -0.496 e. The second-order valence-corrected chi connectivity index (χ2v) is 7.32. The number of rotatable bonds is 6. The van der Waals surface area contributed by atoms with Crippen LogP contribution in [-0.2, 0) is 0 Å². The molecule has 0 saturated carbocycles. The number of aromatic nitrogens is 2. The van der Waals surface area contributed by atoms with Gasteiger partial charge in [-0.3, -0.25) is 10.1 Å². The Morgan fingerprint density at radius 3 is 2.55 bits per heavy atom. The van der Waals surface area contributed by atoms with Gasteiger partial charge in [-0.15, -0.1) is 0 Å². The van der Waals surface area contributed by atoms with E-state index in [4.69, 9.17) is 9.26 Å². The van der Waals surface area contributed by atoms with Gasteiger partial charge in [0.25, 0.3) is 0 Å². The number of nitrogens with zero attached hydrogens (tertiary/aromatic N) is 3. The Labute approximate surface area is 179 Å². The number of nitrogens with one attached hydrogen (secondary N) is 1. The van der Waals surface area contributed by atoms with E-state index in [0.717, 1.165) is 22.4 Å². The number of ether oxygens (including phenoxy) is 1. The number of aryl methyl sites for hydroxylation is 2. The number of anilines is 1. The zero-order valence-corrected chi connectivity index (χ0v) is 17.7. The lowest BCUT2D eigenvalue weighted by atomic mass is 9.99. The molecule has 0 amide bonds. The average molecular weight is 418 g/mol. The van der Waals surface area contributed by atoms with Crippen molar-refractivity contribution in [1.82, 2.24) is 10.1 Å². The molecule has 8 heteroatoms. The van der Waals surface area contributed by atoms with Gasteiger partial charge in [-0.25, -0.2) is 4.98 Å². The summed E-state index contributed by atoms with van der Waals surface area (Å²) in [5, 5.41) is 19.7. The van der Waals surface area contributed by atoms with Crippen LogP contribution in [0.25, 0.3) is 22.0 Å². The Morgan fingerprint density at radius 1 is 1.19 bits per heavy atom. The minimum absolute atomic E-state index is 0.0950. The van der Waals surface area contributed by atoms with Gasteiger partial charge in [0.2, 0.25) is 0 Å². The molecule has 0 aliphatic rings. The summed E-state index contributed by atoms with van der Waals surface area (Å²) < 4.78 is 10.9. The van der Waals surface area contributed by atoms with Crippen LogP contribution < -0.4 is 10.1 Å². The molecule has 0 unspecified atom stereocenters. The van der Waals surface area contributed by atoms with E-state index in [1.165, 1.54) is 6.20 Å². The maximum Gasteiger partial charge on any atom is 0.311 e. The number of pyridine rings is 1. The van der Waals surface area contributed by atoms with Crippen molar-refractivity contribution in [1.29, 1.82) is 0 Å². The fourth-order valence-corrected chi connectivity index (χ4v) is 3.77. The Morgan fingerprint density at radius 2 is 1.94 bits per heavy atom. The molecule has 2 aromatic heterocycles. The molecular weight excluding hydrogens is 396 g/mol. The highest BCUT2D eigenvalue weighted by atomic mass is 16.6. The van der Waals surface area contributed by atoms with Gasteiger partial charge in [-0.05, 0) is 38.5 Å². The van der Waals surface area contributed by atoms with E-state index in [-0.39, 0.29) is 11.7 Å². The van der Waals surface area contributed by atoms with E-state index in [0.29, 0.717) is 28.1 Å². The van der Waals surface area contributed by atoms with Gasteiger partial charge in [0, 0.05) is 17.0 Å². The molecule has 0 aliphatic heterocycles. The second kappa shape index (κ2) is 8.06. The van der Waals surface area contributed by atoms with E-state index >= 15 is 0 Å². The Kier molecular flexibility index (Phi) is 5.29. The molecule has 0 aliphatic carbocycles. The minimum atomic E-state index is -0.429. The van der Waals surface area contributed by atoms with Gasteiger partial charge in [-0.2, -0.15) is 0 Å². The monoisotopic (exact) mass is 418 g/mol. The normalized spacial score (nSPS) is 12.0. The highest BCUT2D eigenvalue weighted by molar-refractivity contribution is 6.00. The summed E-state index contributed by atoms with van der Waals surface area (Å²) in [5.74, 6) is 1.22. The molecule has 4 rings (SSSR count). The second-order valence-electron chi connectivity index (χ2n) is 7.32. The highest BCUT2D eigenvalue weighted by Gasteiger charge is 2.23. The summed E-state index contributed by atoms with van der Waals surface area (Å²) in [6, 6.07) is 13.2. The molecule has 2 heterocycles. The summed E-state index contributed by atoms with van der Waals surface area (Å²) in [5.41, 5.74) is 4.25. The lowest BCUT2D eigenvalue weighted by molar-refractivity contribution is -0.384. The summed E-state index contributed by atoms with van der Waals surface area (Å²) in [6.45, 7) is 5.64. The van der Waals surface area contributed by atoms with E-state index in [9.17, 15) is 10.1 Å². The molecule has 158 valence electrons. The van der Waals surface area contributed by atoms with Gasteiger partial charge < -0.3 is 14.6 Å². The lowest BCUT2D eigenvalue weighted by Crippen LogP contribution is -2.09. The van der Waals surface area contributed by atoms with Gasteiger partial charge in [0.15, 0.2) is 0 Å².